The molecule has 1 aromatic carbocycles. The first-order chi connectivity index (χ1) is 7.43. The zero-order valence-corrected chi connectivity index (χ0v) is 8.66. The van der Waals surface area contributed by atoms with Gasteiger partial charge in [0.2, 0.25) is 0 Å². The Morgan fingerprint density at radius 3 is 2.67 bits per heavy atom. The SMILES string of the molecule is c1cc2c(cc1C1CCN1)OCCCO2. The molecule has 2 aliphatic heterocycles. The topological polar surface area (TPSA) is 30.5 Å². The van der Waals surface area contributed by atoms with Crippen LogP contribution in [-0.4, -0.2) is 19.8 Å². The van der Waals surface area contributed by atoms with Crippen LogP contribution in [0.15, 0.2) is 18.2 Å². The lowest BCUT2D eigenvalue weighted by molar-refractivity contribution is 0.296. The van der Waals surface area contributed by atoms with Crippen molar-refractivity contribution in [2.24, 2.45) is 0 Å². The summed E-state index contributed by atoms with van der Waals surface area (Å²) in [4.78, 5) is 0. The van der Waals surface area contributed by atoms with Crippen LogP contribution in [0.1, 0.15) is 24.4 Å². The molecule has 1 fully saturated rings. The minimum absolute atomic E-state index is 0.516. The van der Waals surface area contributed by atoms with Gasteiger partial charge in [-0.2, -0.15) is 0 Å². The number of hydrogen-bond acceptors (Lipinski definition) is 3. The van der Waals surface area contributed by atoms with E-state index >= 15 is 0 Å². The highest BCUT2D eigenvalue weighted by atomic mass is 16.5. The van der Waals surface area contributed by atoms with E-state index in [2.05, 4.69) is 17.4 Å². The lowest BCUT2D eigenvalue weighted by Crippen LogP contribution is -2.34. The van der Waals surface area contributed by atoms with Gasteiger partial charge in [-0.3, -0.25) is 0 Å². The monoisotopic (exact) mass is 205 g/mol. The van der Waals surface area contributed by atoms with Crippen LogP contribution < -0.4 is 14.8 Å². The van der Waals surface area contributed by atoms with E-state index in [1.807, 2.05) is 6.07 Å². The van der Waals surface area contributed by atoms with E-state index < -0.39 is 0 Å². The Hall–Kier alpha value is -1.22. The largest absolute Gasteiger partial charge is 0.490 e. The van der Waals surface area contributed by atoms with Crippen LogP contribution in [0.3, 0.4) is 0 Å². The Bertz CT molecular complexity index is 361. The average Bonchev–Trinajstić information content (AvgIpc) is 2.39. The molecule has 3 nitrogen and oxygen atoms in total. The number of hydrogen-bond donors (Lipinski definition) is 1. The predicted octanol–water partition coefficient (Wildman–Crippen LogP) is 1.88. The van der Waals surface area contributed by atoms with Gasteiger partial charge < -0.3 is 14.8 Å². The van der Waals surface area contributed by atoms with Gasteiger partial charge in [0, 0.05) is 12.5 Å². The van der Waals surface area contributed by atoms with Crippen molar-refractivity contribution in [1.29, 1.82) is 0 Å². The van der Waals surface area contributed by atoms with E-state index in [4.69, 9.17) is 9.47 Å². The minimum Gasteiger partial charge on any atom is -0.490 e. The summed E-state index contributed by atoms with van der Waals surface area (Å²) >= 11 is 0. The van der Waals surface area contributed by atoms with E-state index in [1.165, 1.54) is 12.0 Å². The Morgan fingerprint density at radius 1 is 1.13 bits per heavy atom. The molecule has 0 aromatic heterocycles. The Kier molecular flexibility index (Phi) is 2.25. The quantitative estimate of drug-likeness (QED) is 0.759. The maximum Gasteiger partial charge on any atom is 0.161 e. The molecule has 15 heavy (non-hydrogen) atoms. The van der Waals surface area contributed by atoms with E-state index in [0.29, 0.717) is 6.04 Å². The second-order valence-electron chi connectivity index (χ2n) is 4.05. The Labute approximate surface area is 89.4 Å². The highest BCUT2D eigenvalue weighted by Crippen LogP contribution is 2.34. The molecule has 2 heterocycles. The number of benzene rings is 1. The van der Waals surface area contributed by atoms with Crippen molar-refractivity contribution >= 4 is 0 Å². The van der Waals surface area contributed by atoms with Crippen molar-refractivity contribution in [2.75, 3.05) is 19.8 Å². The molecular formula is C12H15NO2. The number of ether oxygens (including phenoxy) is 2. The number of nitrogens with one attached hydrogen (secondary N) is 1. The molecule has 1 saturated heterocycles. The highest BCUT2D eigenvalue weighted by molar-refractivity contribution is 5.44. The second kappa shape index (κ2) is 3.74. The van der Waals surface area contributed by atoms with E-state index in [1.54, 1.807) is 0 Å². The van der Waals surface area contributed by atoms with Crippen molar-refractivity contribution < 1.29 is 9.47 Å². The molecule has 0 saturated carbocycles. The minimum atomic E-state index is 0.516. The molecule has 80 valence electrons. The fourth-order valence-electron chi connectivity index (χ4n) is 1.97. The Balaban J connectivity index is 1.89. The normalized spacial score (nSPS) is 24.1. The summed E-state index contributed by atoms with van der Waals surface area (Å²) in [6, 6.07) is 6.78. The fraction of sp³-hybridized carbons (Fsp3) is 0.500. The van der Waals surface area contributed by atoms with Gasteiger partial charge in [-0.05, 0) is 30.7 Å². The van der Waals surface area contributed by atoms with E-state index in [-0.39, 0.29) is 0 Å². The third kappa shape index (κ3) is 1.67. The molecule has 0 aliphatic carbocycles. The fourth-order valence-corrected chi connectivity index (χ4v) is 1.97. The first kappa shape index (κ1) is 9.04. The summed E-state index contributed by atoms with van der Waals surface area (Å²) in [5.74, 6) is 1.79. The summed E-state index contributed by atoms with van der Waals surface area (Å²) in [6.45, 7) is 2.64. The van der Waals surface area contributed by atoms with Crippen molar-refractivity contribution in [3.05, 3.63) is 23.8 Å². The third-order valence-electron chi connectivity index (χ3n) is 3.00. The summed E-state index contributed by atoms with van der Waals surface area (Å²) in [5.41, 5.74) is 1.31. The maximum absolute atomic E-state index is 5.66. The zero-order valence-electron chi connectivity index (χ0n) is 8.66. The molecule has 3 heteroatoms. The Morgan fingerprint density at radius 2 is 1.93 bits per heavy atom. The maximum atomic E-state index is 5.66. The molecule has 0 spiro atoms. The molecule has 1 aromatic rings. The zero-order chi connectivity index (χ0) is 10.1. The molecule has 1 atom stereocenters. The predicted molar refractivity (Wildman–Crippen MR) is 57.4 cm³/mol. The summed E-state index contributed by atoms with van der Waals surface area (Å²) in [5, 5.41) is 3.39. The van der Waals surface area contributed by atoms with Crippen LogP contribution in [0.25, 0.3) is 0 Å². The summed E-state index contributed by atoms with van der Waals surface area (Å²) < 4.78 is 11.2. The first-order valence-electron chi connectivity index (χ1n) is 5.56. The van der Waals surface area contributed by atoms with Crippen LogP contribution in [0.2, 0.25) is 0 Å². The van der Waals surface area contributed by atoms with Gasteiger partial charge in [-0.15, -0.1) is 0 Å². The highest BCUT2D eigenvalue weighted by Gasteiger charge is 2.20. The standard InChI is InChI=1S/C12H15NO2/c1-6-14-11-3-2-9(10-4-5-13-10)8-12(11)15-7-1/h2-3,8,10,13H,1,4-7H2. The number of rotatable bonds is 1. The van der Waals surface area contributed by atoms with Crippen LogP contribution in [0.5, 0.6) is 11.5 Å². The first-order valence-corrected chi connectivity index (χ1v) is 5.56. The van der Waals surface area contributed by atoms with Crippen LogP contribution >= 0.6 is 0 Å². The molecule has 2 aliphatic rings. The van der Waals surface area contributed by atoms with Gasteiger partial charge in [0.1, 0.15) is 0 Å². The number of fused-ring (bicyclic) bond motifs is 1. The van der Waals surface area contributed by atoms with Gasteiger partial charge in [0.15, 0.2) is 11.5 Å². The molecule has 3 rings (SSSR count). The molecule has 0 bridgehead atoms. The van der Waals surface area contributed by atoms with Gasteiger partial charge >= 0.3 is 0 Å². The van der Waals surface area contributed by atoms with Gasteiger partial charge in [0.25, 0.3) is 0 Å². The average molecular weight is 205 g/mol. The van der Waals surface area contributed by atoms with Crippen molar-refractivity contribution in [1.82, 2.24) is 5.32 Å². The van der Waals surface area contributed by atoms with E-state index in [0.717, 1.165) is 37.7 Å². The van der Waals surface area contributed by atoms with Gasteiger partial charge in [-0.25, -0.2) is 0 Å². The van der Waals surface area contributed by atoms with Crippen molar-refractivity contribution in [2.45, 2.75) is 18.9 Å². The van der Waals surface area contributed by atoms with Crippen LogP contribution in [0, 0.1) is 0 Å². The lowest BCUT2D eigenvalue weighted by Gasteiger charge is -2.28. The smallest absolute Gasteiger partial charge is 0.161 e. The van der Waals surface area contributed by atoms with Gasteiger partial charge in [-0.1, -0.05) is 6.07 Å². The van der Waals surface area contributed by atoms with Crippen LogP contribution in [-0.2, 0) is 0 Å². The molecule has 0 amide bonds. The van der Waals surface area contributed by atoms with Crippen molar-refractivity contribution in [3.8, 4) is 11.5 Å². The third-order valence-corrected chi connectivity index (χ3v) is 3.00. The molecular weight excluding hydrogens is 190 g/mol. The lowest BCUT2D eigenvalue weighted by atomic mass is 9.98. The molecule has 0 radical (unpaired) electrons. The second-order valence-corrected chi connectivity index (χ2v) is 4.05. The summed E-state index contributed by atoms with van der Waals surface area (Å²) in [6.07, 6.45) is 2.19. The van der Waals surface area contributed by atoms with Gasteiger partial charge in [0.05, 0.1) is 13.2 Å². The van der Waals surface area contributed by atoms with Crippen LogP contribution in [0.4, 0.5) is 0 Å². The summed E-state index contributed by atoms with van der Waals surface area (Å²) in [7, 11) is 0. The van der Waals surface area contributed by atoms with E-state index in [9.17, 15) is 0 Å². The molecule has 1 N–H and O–H groups in total. The molecule has 1 unspecified atom stereocenters. The van der Waals surface area contributed by atoms with Crippen molar-refractivity contribution in [3.63, 3.8) is 0 Å².